The monoisotopic (exact) mass is 232 g/mol. The third kappa shape index (κ3) is 2.96. The lowest BCUT2D eigenvalue weighted by Crippen LogP contribution is -2.00. The average Bonchev–Trinajstić information content (AvgIpc) is 2.39. The number of aryl methyl sites for hydroxylation is 2. The Bertz CT molecular complexity index is 538. The van der Waals surface area contributed by atoms with Gasteiger partial charge in [0.2, 0.25) is 0 Å². The van der Waals surface area contributed by atoms with Gasteiger partial charge in [0.05, 0.1) is 0 Å². The summed E-state index contributed by atoms with van der Waals surface area (Å²) in [5.74, 6) is 0. The number of benzene rings is 1. The maximum absolute atomic E-state index is 11.3. The fraction of sp³-hybridized carbons (Fsp3) is 0.400. The van der Waals surface area contributed by atoms with Gasteiger partial charge in [-0.3, -0.25) is 0 Å². The second-order valence-corrected chi connectivity index (χ2v) is 3.63. The van der Waals surface area contributed by atoms with Crippen LogP contribution in [0.25, 0.3) is 11.0 Å². The highest BCUT2D eigenvalue weighted by atomic mass is 16.4. The summed E-state index contributed by atoms with van der Waals surface area (Å²) in [6.45, 7) is 8.13. The first-order valence-electron chi connectivity index (χ1n) is 6.30. The molecule has 2 rings (SSSR count). The Morgan fingerprint density at radius 1 is 1.06 bits per heavy atom. The van der Waals surface area contributed by atoms with Crippen LogP contribution in [0.15, 0.2) is 33.5 Å². The maximum Gasteiger partial charge on any atom is 0.336 e. The van der Waals surface area contributed by atoms with Crippen molar-refractivity contribution in [3.05, 3.63) is 45.8 Å². The van der Waals surface area contributed by atoms with Crippen LogP contribution in [0.1, 0.15) is 38.8 Å². The van der Waals surface area contributed by atoms with Crippen molar-refractivity contribution in [2.24, 2.45) is 0 Å². The molecule has 0 amide bonds. The van der Waals surface area contributed by atoms with Gasteiger partial charge in [-0.2, -0.15) is 0 Å². The van der Waals surface area contributed by atoms with E-state index in [1.165, 1.54) is 5.56 Å². The van der Waals surface area contributed by atoms with Crippen LogP contribution in [0.4, 0.5) is 0 Å². The lowest BCUT2D eigenvalue weighted by atomic mass is 10.1. The van der Waals surface area contributed by atoms with Crippen LogP contribution in [0.5, 0.6) is 0 Å². The highest BCUT2D eigenvalue weighted by Gasteiger charge is 2.04. The number of rotatable bonds is 2. The molecule has 0 aliphatic rings. The molecule has 0 bridgehead atoms. The Kier molecular flexibility index (Phi) is 4.95. The Balaban J connectivity index is 0.000000686. The molecule has 0 atom stereocenters. The van der Waals surface area contributed by atoms with E-state index in [2.05, 4.69) is 13.0 Å². The van der Waals surface area contributed by atoms with Gasteiger partial charge in [-0.05, 0) is 30.0 Å². The van der Waals surface area contributed by atoms with Gasteiger partial charge < -0.3 is 4.42 Å². The van der Waals surface area contributed by atoms with Crippen LogP contribution < -0.4 is 5.63 Å². The number of hydrogen-bond acceptors (Lipinski definition) is 2. The SMILES string of the molecule is CC.CCc1ccc2c(CC)cc(=O)oc2c1. The highest BCUT2D eigenvalue weighted by molar-refractivity contribution is 5.80. The maximum atomic E-state index is 11.3. The van der Waals surface area contributed by atoms with E-state index in [1.54, 1.807) is 6.07 Å². The molecule has 1 heterocycles. The molecular weight excluding hydrogens is 212 g/mol. The summed E-state index contributed by atoms with van der Waals surface area (Å²) in [4.78, 5) is 11.3. The molecule has 0 radical (unpaired) electrons. The van der Waals surface area contributed by atoms with E-state index in [4.69, 9.17) is 4.42 Å². The van der Waals surface area contributed by atoms with Crippen molar-refractivity contribution in [3.8, 4) is 0 Å². The van der Waals surface area contributed by atoms with E-state index < -0.39 is 0 Å². The standard InChI is InChI=1S/C13H14O2.C2H6/c1-3-9-5-6-11-10(4-2)8-13(14)15-12(11)7-9;1-2/h5-8H,3-4H2,1-2H3;1-2H3. The topological polar surface area (TPSA) is 30.2 Å². The van der Waals surface area contributed by atoms with E-state index in [0.717, 1.165) is 23.8 Å². The van der Waals surface area contributed by atoms with Crippen molar-refractivity contribution in [2.75, 3.05) is 0 Å². The van der Waals surface area contributed by atoms with Crippen LogP contribution in [-0.4, -0.2) is 0 Å². The minimum atomic E-state index is -0.257. The van der Waals surface area contributed by atoms with Gasteiger partial charge in [0.15, 0.2) is 0 Å². The van der Waals surface area contributed by atoms with Crippen molar-refractivity contribution >= 4 is 11.0 Å². The zero-order valence-electron chi connectivity index (χ0n) is 11.0. The Hall–Kier alpha value is -1.57. The fourth-order valence-electron chi connectivity index (χ4n) is 1.79. The van der Waals surface area contributed by atoms with Gasteiger partial charge in [0.1, 0.15) is 5.58 Å². The van der Waals surface area contributed by atoms with Crippen LogP contribution in [0, 0.1) is 0 Å². The molecule has 2 aromatic rings. The number of hydrogen-bond donors (Lipinski definition) is 0. The van der Waals surface area contributed by atoms with Crippen LogP contribution >= 0.6 is 0 Å². The first-order chi connectivity index (χ1) is 8.24. The largest absolute Gasteiger partial charge is 0.423 e. The molecule has 92 valence electrons. The first kappa shape index (κ1) is 13.5. The second-order valence-electron chi connectivity index (χ2n) is 3.63. The molecule has 0 saturated heterocycles. The van der Waals surface area contributed by atoms with Crippen LogP contribution in [0.2, 0.25) is 0 Å². The van der Waals surface area contributed by atoms with Crippen LogP contribution in [-0.2, 0) is 12.8 Å². The Labute approximate surface area is 102 Å². The summed E-state index contributed by atoms with van der Waals surface area (Å²) in [5.41, 5.74) is 2.70. The van der Waals surface area contributed by atoms with E-state index in [1.807, 2.05) is 32.9 Å². The Morgan fingerprint density at radius 3 is 2.35 bits per heavy atom. The molecule has 2 heteroatoms. The minimum absolute atomic E-state index is 0.257. The molecule has 0 spiro atoms. The van der Waals surface area contributed by atoms with E-state index >= 15 is 0 Å². The average molecular weight is 232 g/mol. The zero-order chi connectivity index (χ0) is 12.8. The molecule has 1 aromatic heterocycles. The molecule has 17 heavy (non-hydrogen) atoms. The highest BCUT2D eigenvalue weighted by Crippen LogP contribution is 2.19. The second kappa shape index (κ2) is 6.24. The number of fused-ring (bicyclic) bond motifs is 1. The summed E-state index contributed by atoms with van der Waals surface area (Å²) in [6, 6.07) is 7.65. The molecule has 1 aromatic carbocycles. The summed E-state index contributed by atoms with van der Waals surface area (Å²) >= 11 is 0. The molecule has 0 N–H and O–H groups in total. The van der Waals surface area contributed by atoms with E-state index in [9.17, 15) is 4.79 Å². The molecule has 0 aliphatic heterocycles. The smallest absolute Gasteiger partial charge is 0.336 e. The van der Waals surface area contributed by atoms with Gasteiger partial charge in [-0.25, -0.2) is 4.79 Å². The van der Waals surface area contributed by atoms with Gasteiger partial charge in [0.25, 0.3) is 0 Å². The van der Waals surface area contributed by atoms with Crippen molar-refractivity contribution in [3.63, 3.8) is 0 Å². The van der Waals surface area contributed by atoms with E-state index in [-0.39, 0.29) is 5.63 Å². The van der Waals surface area contributed by atoms with Gasteiger partial charge in [0, 0.05) is 11.5 Å². The summed E-state index contributed by atoms with van der Waals surface area (Å²) in [6.07, 6.45) is 1.81. The van der Waals surface area contributed by atoms with E-state index in [0.29, 0.717) is 5.58 Å². The van der Waals surface area contributed by atoms with Crippen LogP contribution in [0.3, 0.4) is 0 Å². The predicted molar refractivity (Wildman–Crippen MR) is 72.6 cm³/mol. The van der Waals surface area contributed by atoms with Crippen molar-refractivity contribution in [1.82, 2.24) is 0 Å². The Morgan fingerprint density at radius 2 is 1.76 bits per heavy atom. The predicted octanol–water partition coefficient (Wildman–Crippen LogP) is 3.94. The lowest BCUT2D eigenvalue weighted by molar-refractivity contribution is 0.558. The summed E-state index contributed by atoms with van der Waals surface area (Å²) in [5, 5.41) is 1.05. The zero-order valence-corrected chi connectivity index (χ0v) is 11.0. The van der Waals surface area contributed by atoms with Crippen molar-refractivity contribution in [1.29, 1.82) is 0 Å². The summed E-state index contributed by atoms with van der Waals surface area (Å²) in [7, 11) is 0. The molecule has 0 unspecified atom stereocenters. The van der Waals surface area contributed by atoms with Crippen molar-refractivity contribution < 1.29 is 4.42 Å². The molecule has 0 fully saturated rings. The fourth-order valence-corrected chi connectivity index (χ4v) is 1.79. The molecular formula is C15H20O2. The third-order valence-electron chi connectivity index (χ3n) is 2.68. The van der Waals surface area contributed by atoms with Gasteiger partial charge in [-0.1, -0.05) is 39.8 Å². The lowest BCUT2D eigenvalue weighted by Gasteiger charge is -2.03. The molecule has 2 nitrogen and oxygen atoms in total. The molecule has 0 aliphatic carbocycles. The minimum Gasteiger partial charge on any atom is -0.423 e. The van der Waals surface area contributed by atoms with Gasteiger partial charge in [-0.15, -0.1) is 0 Å². The quantitative estimate of drug-likeness (QED) is 0.734. The normalized spacial score (nSPS) is 9.88. The molecule has 0 saturated carbocycles. The summed E-state index contributed by atoms with van der Waals surface area (Å²) < 4.78 is 5.19. The first-order valence-corrected chi connectivity index (χ1v) is 6.30. The third-order valence-corrected chi connectivity index (χ3v) is 2.68. The van der Waals surface area contributed by atoms with Gasteiger partial charge >= 0.3 is 5.63 Å². The van der Waals surface area contributed by atoms with Crippen molar-refractivity contribution in [2.45, 2.75) is 40.5 Å².